The largest absolute Gasteiger partial charge is 0.381 e. The summed E-state index contributed by atoms with van der Waals surface area (Å²) in [6, 6.07) is 5.66. The van der Waals surface area contributed by atoms with Crippen molar-refractivity contribution in [3.8, 4) is 0 Å². The number of carbonyl (C=O) groups excluding carboxylic acids is 1. The van der Waals surface area contributed by atoms with Crippen molar-refractivity contribution < 1.29 is 9.53 Å². The standard InChI is InChI=1S/C14H18N4O2.2ClH/c1-18-9-16-11-8-10(2-3-12(11)18)17-13(19)14(15)4-6-20-7-5-14;;/h2-3,8-9H,4-7,15H2,1H3,(H,17,19);2*1H. The number of anilines is 1. The first-order chi connectivity index (χ1) is 9.58. The first-order valence-electron chi connectivity index (χ1n) is 6.68. The Labute approximate surface area is 141 Å². The number of hydrogen-bond acceptors (Lipinski definition) is 4. The molecule has 0 bridgehead atoms. The molecule has 122 valence electrons. The maximum Gasteiger partial charge on any atom is 0.244 e. The number of hydrogen-bond donors (Lipinski definition) is 2. The molecule has 1 aromatic carbocycles. The molecule has 1 amide bonds. The zero-order valence-corrected chi connectivity index (χ0v) is 13.9. The predicted molar refractivity (Wildman–Crippen MR) is 90.8 cm³/mol. The molecule has 2 heterocycles. The van der Waals surface area contributed by atoms with Gasteiger partial charge in [0.25, 0.3) is 0 Å². The number of ether oxygens (including phenoxy) is 1. The van der Waals surface area contributed by atoms with Crippen molar-refractivity contribution in [2.24, 2.45) is 12.8 Å². The lowest BCUT2D eigenvalue weighted by Crippen LogP contribution is -2.54. The molecule has 0 saturated carbocycles. The minimum absolute atomic E-state index is 0. The van der Waals surface area contributed by atoms with E-state index in [0.29, 0.717) is 26.1 Å². The zero-order valence-electron chi connectivity index (χ0n) is 12.2. The van der Waals surface area contributed by atoms with Crippen molar-refractivity contribution in [2.45, 2.75) is 18.4 Å². The highest BCUT2D eigenvalue weighted by Gasteiger charge is 2.35. The van der Waals surface area contributed by atoms with Gasteiger partial charge in [-0.25, -0.2) is 4.98 Å². The normalized spacial score (nSPS) is 16.5. The number of benzene rings is 1. The fourth-order valence-electron chi connectivity index (χ4n) is 2.43. The number of amides is 1. The molecule has 1 aliphatic heterocycles. The van der Waals surface area contributed by atoms with Crippen LogP contribution in [0, 0.1) is 0 Å². The summed E-state index contributed by atoms with van der Waals surface area (Å²) >= 11 is 0. The number of fused-ring (bicyclic) bond motifs is 1. The highest BCUT2D eigenvalue weighted by Crippen LogP contribution is 2.22. The third-order valence-corrected chi connectivity index (χ3v) is 3.82. The van der Waals surface area contributed by atoms with Crippen LogP contribution in [0.3, 0.4) is 0 Å². The van der Waals surface area contributed by atoms with E-state index in [1.165, 1.54) is 0 Å². The second-order valence-corrected chi connectivity index (χ2v) is 5.28. The van der Waals surface area contributed by atoms with Gasteiger partial charge in [-0.05, 0) is 31.0 Å². The van der Waals surface area contributed by atoms with Crippen LogP contribution in [0.5, 0.6) is 0 Å². The van der Waals surface area contributed by atoms with E-state index in [1.54, 1.807) is 6.33 Å². The lowest BCUT2D eigenvalue weighted by molar-refractivity contribution is -0.124. The Hall–Kier alpha value is -1.34. The molecule has 2 aromatic rings. The summed E-state index contributed by atoms with van der Waals surface area (Å²) in [6.45, 7) is 1.06. The van der Waals surface area contributed by atoms with Gasteiger partial charge in [0.1, 0.15) is 5.54 Å². The number of nitrogens with one attached hydrogen (secondary N) is 1. The van der Waals surface area contributed by atoms with Crippen LogP contribution in [0.25, 0.3) is 11.0 Å². The molecule has 1 saturated heterocycles. The number of nitrogens with zero attached hydrogens (tertiary/aromatic N) is 2. The highest BCUT2D eigenvalue weighted by molar-refractivity contribution is 5.99. The molecule has 0 spiro atoms. The van der Waals surface area contributed by atoms with Crippen LogP contribution in [0.1, 0.15) is 12.8 Å². The van der Waals surface area contributed by atoms with Crippen molar-refractivity contribution in [1.29, 1.82) is 0 Å². The summed E-state index contributed by atoms with van der Waals surface area (Å²) in [4.78, 5) is 16.6. The van der Waals surface area contributed by atoms with Crippen LogP contribution in [-0.2, 0) is 16.6 Å². The third-order valence-electron chi connectivity index (χ3n) is 3.82. The van der Waals surface area contributed by atoms with Gasteiger partial charge in [0.2, 0.25) is 5.91 Å². The van der Waals surface area contributed by atoms with Crippen LogP contribution in [-0.4, -0.2) is 34.2 Å². The number of rotatable bonds is 2. The molecule has 3 N–H and O–H groups in total. The van der Waals surface area contributed by atoms with E-state index in [-0.39, 0.29) is 30.7 Å². The van der Waals surface area contributed by atoms with Crippen LogP contribution >= 0.6 is 24.8 Å². The van der Waals surface area contributed by atoms with Gasteiger partial charge in [-0.3, -0.25) is 4.79 Å². The van der Waals surface area contributed by atoms with Gasteiger partial charge in [-0.1, -0.05) is 0 Å². The van der Waals surface area contributed by atoms with Crippen LogP contribution in [0.4, 0.5) is 5.69 Å². The molecule has 3 rings (SSSR count). The van der Waals surface area contributed by atoms with Crippen LogP contribution in [0.15, 0.2) is 24.5 Å². The maximum absolute atomic E-state index is 12.3. The summed E-state index contributed by atoms with van der Waals surface area (Å²) in [6.07, 6.45) is 2.84. The fraction of sp³-hybridized carbons (Fsp3) is 0.429. The maximum atomic E-state index is 12.3. The number of imidazole rings is 1. The quantitative estimate of drug-likeness (QED) is 0.869. The fourth-order valence-corrected chi connectivity index (χ4v) is 2.43. The summed E-state index contributed by atoms with van der Waals surface area (Å²) in [5, 5.41) is 2.88. The first kappa shape index (κ1) is 18.7. The molecule has 0 unspecified atom stereocenters. The van der Waals surface area contributed by atoms with Gasteiger partial charge >= 0.3 is 0 Å². The molecular formula is C14H20Cl2N4O2. The summed E-state index contributed by atoms with van der Waals surface area (Å²) in [5.74, 6) is -0.156. The van der Waals surface area contributed by atoms with E-state index in [2.05, 4.69) is 10.3 Å². The van der Waals surface area contributed by atoms with Crippen molar-refractivity contribution in [3.63, 3.8) is 0 Å². The van der Waals surface area contributed by atoms with Gasteiger partial charge in [-0.2, -0.15) is 0 Å². The molecule has 22 heavy (non-hydrogen) atoms. The molecule has 0 aliphatic carbocycles. The van der Waals surface area contributed by atoms with Gasteiger partial charge in [0.15, 0.2) is 0 Å². The Morgan fingerprint density at radius 3 is 2.73 bits per heavy atom. The highest BCUT2D eigenvalue weighted by atomic mass is 35.5. The number of nitrogens with two attached hydrogens (primary N) is 1. The zero-order chi connectivity index (χ0) is 14.2. The Morgan fingerprint density at radius 1 is 1.36 bits per heavy atom. The van der Waals surface area contributed by atoms with E-state index in [9.17, 15) is 4.79 Å². The SMILES string of the molecule is Cl.Cl.Cn1cnc2cc(NC(=O)C3(N)CCOCC3)ccc21. The molecule has 0 atom stereocenters. The van der Waals surface area contributed by atoms with Crippen molar-refractivity contribution in [3.05, 3.63) is 24.5 Å². The third kappa shape index (κ3) is 3.52. The molecule has 8 heteroatoms. The monoisotopic (exact) mass is 346 g/mol. The number of carbonyl (C=O) groups is 1. The number of halogens is 2. The van der Waals surface area contributed by atoms with Crippen molar-refractivity contribution in [2.75, 3.05) is 18.5 Å². The van der Waals surface area contributed by atoms with Crippen molar-refractivity contribution in [1.82, 2.24) is 9.55 Å². The molecule has 0 radical (unpaired) electrons. The second-order valence-electron chi connectivity index (χ2n) is 5.28. The van der Waals surface area contributed by atoms with Crippen LogP contribution < -0.4 is 11.1 Å². The van der Waals surface area contributed by atoms with E-state index in [1.807, 2.05) is 29.8 Å². The topological polar surface area (TPSA) is 82.2 Å². The average Bonchev–Trinajstić information content (AvgIpc) is 2.81. The predicted octanol–water partition coefficient (Wildman–Crippen LogP) is 1.86. The Kier molecular flexibility index (Phi) is 6.19. The summed E-state index contributed by atoms with van der Waals surface area (Å²) in [5.41, 5.74) is 7.91. The lowest BCUT2D eigenvalue weighted by atomic mass is 9.90. The number of aromatic nitrogens is 2. The summed E-state index contributed by atoms with van der Waals surface area (Å²) < 4.78 is 7.19. The Morgan fingerprint density at radius 2 is 2.05 bits per heavy atom. The van der Waals surface area contributed by atoms with E-state index in [0.717, 1.165) is 16.7 Å². The average molecular weight is 347 g/mol. The van der Waals surface area contributed by atoms with E-state index < -0.39 is 5.54 Å². The molecule has 6 nitrogen and oxygen atoms in total. The van der Waals surface area contributed by atoms with Crippen LogP contribution in [0.2, 0.25) is 0 Å². The molecular weight excluding hydrogens is 327 g/mol. The minimum atomic E-state index is -0.836. The minimum Gasteiger partial charge on any atom is -0.381 e. The van der Waals surface area contributed by atoms with E-state index >= 15 is 0 Å². The van der Waals surface area contributed by atoms with Gasteiger partial charge < -0.3 is 20.4 Å². The van der Waals surface area contributed by atoms with Gasteiger partial charge in [-0.15, -0.1) is 24.8 Å². The molecule has 1 aliphatic rings. The second kappa shape index (κ2) is 7.28. The Balaban J connectivity index is 0.00000121. The first-order valence-corrected chi connectivity index (χ1v) is 6.68. The number of aryl methyl sites for hydroxylation is 1. The summed E-state index contributed by atoms with van der Waals surface area (Å²) in [7, 11) is 1.94. The van der Waals surface area contributed by atoms with Gasteiger partial charge in [0.05, 0.1) is 17.4 Å². The Bertz CT molecular complexity index is 653. The molecule has 1 aromatic heterocycles. The smallest absolute Gasteiger partial charge is 0.244 e. The molecule has 1 fully saturated rings. The van der Waals surface area contributed by atoms with Crippen molar-refractivity contribution >= 4 is 47.4 Å². The van der Waals surface area contributed by atoms with Gasteiger partial charge in [0, 0.05) is 25.9 Å². The lowest BCUT2D eigenvalue weighted by Gasteiger charge is -2.31. The van der Waals surface area contributed by atoms with E-state index in [4.69, 9.17) is 10.5 Å².